The van der Waals surface area contributed by atoms with Gasteiger partial charge in [-0.05, 0) is 18.2 Å². The first-order valence-corrected chi connectivity index (χ1v) is 6.49. The molecule has 100 valence electrons. The molecular formula is C14H16ClN3O. The SMILES string of the molecule is CC(C)NCc1cnc(Oc2cccc(Cl)c2)nc1. The van der Waals surface area contributed by atoms with E-state index in [0.29, 0.717) is 22.8 Å². The van der Waals surface area contributed by atoms with Crippen molar-refractivity contribution in [2.24, 2.45) is 0 Å². The van der Waals surface area contributed by atoms with Gasteiger partial charge in [0.1, 0.15) is 5.75 Å². The largest absolute Gasteiger partial charge is 0.424 e. The van der Waals surface area contributed by atoms with Crippen molar-refractivity contribution in [3.8, 4) is 11.8 Å². The first kappa shape index (κ1) is 13.8. The van der Waals surface area contributed by atoms with E-state index in [-0.39, 0.29) is 0 Å². The van der Waals surface area contributed by atoms with Gasteiger partial charge >= 0.3 is 6.01 Å². The van der Waals surface area contributed by atoms with Crippen molar-refractivity contribution in [2.75, 3.05) is 0 Å². The number of ether oxygens (including phenoxy) is 1. The van der Waals surface area contributed by atoms with E-state index in [0.717, 1.165) is 12.1 Å². The Balaban J connectivity index is 1.98. The molecule has 0 bridgehead atoms. The van der Waals surface area contributed by atoms with E-state index < -0.39 is 0 Å². The van der Waals surface area contributed by atoms with Crippen molar-refractivity contribution in [3.05, 3.63) is 47.2 Å². The summed E-state index contributed by atoms with van der Waals surface area (Å²) in [5.74, 6) is 0.626. The molecule has 0 unspecified atom stereocenters. The fourth-order valence-electron chi connectivity index (χ4n) is 1.44. The Morgan fingerprint density at radius 2 is 2.00 bits per heavy atom. The Morgan fingerprint density at radius 1 is 1.26 bits per heavy atom. The summed E-state index contributed by atoms with van der Waals surface area (Å²) in [6, 6.07) is 7.88. The van der Waals surface area contributed by atoms with E-state index in [4.69, 9.17) is 16.3 Å². The molecule has 1 N–H and O–H groups in total. The van der Waals surface area contributed by atoms with Gasteiger partial charge in [-0.25, -0.2) is 9.97 Å². The maximum atomic E-state index is 5.88. The molecule has 1 aromatic heterocycles. The van der Waals surface area contributed by atoms with Gasteiger partial charge in [-0.3, -0.25) is 0 Å². The van der Waals surface area contributed by atoms with Crippen LogP contribution in [0.4, 0.5) is 0 Å². The number of nitrogens with zero attached hydrogens (tertiary/aromatic N) is 2. The van der Waals surface area contributed by atoms with Gasteiger partial charge in [0, 0.05) is 35.6 Å². The Morgan fingerprint density at radius 3 is 2.63 bits per heavy atom. The van der Waals surface area contributed by atoms with Gasteiger partial charge < -0.3 is 10.1 Å². The number of hydrogen-bond acceptors (Lipinski definition) is 4. The number of halogens is 1. The highest BCUT2D eigenvalue weighted by Gasteiger charge is 2.02. The minimum absolute atomic E-state index is 0.315. The second-order valence-electron chi connectivity index (χ2n) is 4.47. The van der Waals surface area contributed by atoms with E-state index in [1.165, 1.54) is 0 Å². The molecule has 5 heteroatoms. The lowest BCUT2D eigenvalue weighted by Gasteiger charge is -2.08. The standard InChI is InChI=1S/C14H16ClN3O/c1-10(2)16-7-11-8-17-14(18-9-11)19-13-5-3-4-12(15)6-13/h3-6,8-10,16H,7H2,1-2H3. The van der Waals surface area contributed by atoms with Gasteiger partial charge in [-0.1, -0.05) is 31.5 Å². The van der Waals surface area contributed by atoms with Crippen LogP contribution in [-0.4, -0.2) is 16.0 Å². The zero-order valence-corrected chi connectivity index (χ0v) is 11.7. The van der Waals surface area contributed by atoms with Crippen molar-refractivity contribution in [1.29, 1.82) is 0 Å². The lowest BCUT2D eigenvalue weighted by atomic mass is 10.3. The summed E-state index contributed by atoms with van der Waals surface area (Å²) in [6.45, 7) is 4.93. The normalized spacial score (nSPS) is 10.7. The van der Waals surface area contributed by atoms with E-state index in [2.05, 4.69) is 29.1 Å². The van der Waals surface area contributed by atoms with Crippen LogP contribution in [0.25, 0.3) is 0 Å². The van der Waals surface area contributed by atoms with Crippen molar-refractivity contribution >= 4 is 11.6 Å². The molecule has 0 atom stereocenters. The first-order valence-electron chi connectivity index (χ1n) is 6.11. The summed E-state index contributed by atoms with van der Waals surface area (Å²) in [5, 5.41) is 3.92. The molecule has 19 heavy (non-hydrogen) atoms. The van der Waals surface area contributed by atoms with Crippen LogP contribution in [-0.2, 0) is 6.54 Å². The predicted octanol–water partition coefficient (Wildman–Crippen LogP) is 3.42. The molecule has 0 saturated heterocycles. The summed E-state index contributed by atoms with van der Waals surface area (Å²) < 4.78 is 5.51. The number of aromatic nitrogens is 2. The Kier molecular flexibility index (Phi) is 4.71. The van der Waals surface area contributed by atoms with Gasteiger partial charge in [0.15, 0.2) is 0 Å². The molecule has 1 heterocycles. The molecule has 0 saturated carbocycles. The smallest absolute Gasteiger partial charge is 0.321 e. The third-order valence-electron chi connectivity index (χ3n) is 2.40. The number of benzene rings is 1. The fourth-order valence-corrected chi connectivity index (χ4v) is 1.63. The Hall–Kier alpha value is -1.65. The first-order chi connectivity index (χ1) is 9.13. The topological polar surface area (TPSA) is 47.0 Å². The molecule has 0 aliphatic carbocycles. The quantitative estimate of drug-likeness (QED) is 0.910. The molecule has 0 fully saturated rings. The van der Waals surface area contributed by atoms with Crippen molar-refractivity contribution in [3.63, 3.8) is 0 Å². The van der Waals surface area contributed by atoms with E-state index in [9.17, 15) is 0 Å². The molecular weight excluding hydrogens is 262 g/mol. The van der Waals surface area contributed by atoms with Crippen LogP contribution in [0.2, 0.25) is 5.02 Å². The van der Waals surface area contributed by atoms with Gasteiger partial charge in [0.25, 0.3) is 0 Å². The van der Waals surface area contributed by atoms with Gasteiger partial charge in [-0.15, -0.1) is 0 Å². The second-order valence-corrected chi connectivity index (χ2v) is 4.91. The summed E-state index contributed by atoms with van der Waals surface area (Å²) in [6.07, 6.45) is 3.50. The van der Waals surface area contributed by atoms with E-state index >= 15 is 0 Å². The summed E-state index contributed by atoms with van der Waals surface area (Å²) in [7, 11) is 0. The summed E-state index contributed by atoms with van der Waals surface area (Å²) in [4.78, 5) is 8.33. The van der Waals surface area contributed by atoms with Crippen LogP contribution in [0.5, 0.6) is 11.8 Å². The van der Waals surface area contributed by atoms with Gasteiger partial charge in [0.2, 0.25) is 0 Å². The average molecular weight is 278 g/mol. The number of nitrogens with one attached hydrogen (secondary N) is 1. The van der Waals surface area contributed by atoms with Crippen LogP contribution >= 0.6 is 11.6 Å². The van der Waals surface area contributed by atoms with Crippen molar-refractivity contribution in [2.45, 2.75) is 26.4 Å². The molecule has 0 aliphatic rings. The van der Waals surface area contributed by atoms with Crippen LogP contribution in [0.1, 0.15) is 19.4 Å². The van der Waals surface area contributed by atoms with Crippen LogP contribution in [0, 0.1) is 0 Å². The van der Waals surface area contributed by atoms with Gasteiger partial charge in [0.05, 0.1) is 0 Å². The molecule has 2 rings (SSSR count). The lowest BCUT2D eigenvalue weighted by molar-refractivity contribution is 0.440. The number of rotatable bonds is 5. The highest BCUT2D eigenvalue weighted by Crippen LogP contribution is 2.21. The zero-order valence-electron chi connectivity index (χ0n) is 10.9. The molecule has 2 aromatic rings. The molecule has 0 spiro atoms. The molecule has 0 aliphatic heterocycles. The van der Waals surface area contributed by atoms with Crippen LogP contribution in [0.15, 0.2) is 36.7 Å². The monoisotopic (exact) mass is 277 g/mol. The molecule has 0 radical (unpaired) electrons. The van der Waals surface area contributed by atoms with Crippen molar-refractivity contribution in [1.82, 2.24) is 15.3 Å². The third-order valence-corrected chi connectivity index (χ3v) is 2.64. The maximum absolute atomic E-state index is 5.88. The highest BCUT2D eigenvalue weighted by atomic mass is 35.5. The zero-order chi connectivity index (χ0) is 13.7. The third kappa shape index (κ3) is 4.50. The van der Waals surface area contributed by atoms with Crippen LogP contribution < -0.4 is 10.1 Å². The second kappa shape index (κ2) is 6.50. The maximum Gasteiger partial charge on any atom is 0.321 e. The fraction of sp³-hybridized carbons (Fsp3) is 0.286. The van der Waals surface area contributed by atoms with Gasteiger partial charge in [-0.2, -0.15) is 0 Å². The summed E-state index contributed by atoms with van der Waals surface area (Å²) in [5.41, 5.74) is 1.02. The number of hydrogen-bond donors (Lipinski definition) is 1. The van der Waals surface area contributed by atoms with E-state index in [1.807, 2.05) is 12.1 Å². The minimum Gasteiger partial charge on any atom is -0.424 e. The molecule has 0 amide bonds. The average Bonchev–Trinajstić information content (AvgIpc) is 2.38. The predicted molar refractivity (Wildman–Crippen MR) is 75.5 cm³/mol. The minimum atomic E-state index is 0.315. The van der Waals surface area contributed by atoms with Crippen molar-refractivity contribution < 1.29 is 4.74 Å². The van der Waals surface area contributed by atoms with E-state index in [1.54, 1.807) is 24.5 Å². The summed E-state index contributed by atoms with van der Waals surface area (Å²) >= 11 is 5.88. The molecule has 4 nitrogen and oxygen atoms in total. The highest BCUT2D eigenvalue weighted by molar-refractivity contribution is 6.30. The molecule has 1 aromatic carbocycles. The Bertz CT molecular complexity index is 528. The lowest BCUT2D eigenvalue weighted by Crippen LogP contribution is -2.21. The Labute approximate surface area is 117 Å². The van der Waals surface area contributed by atoms with Crippen LogP contribution in [0.3, 0.4) is 0 Å².